The van der Waals surface area contributed by atoms with Crippen LogP contribution in [0, 0.1) is 0 Å². The molecule has 4 aromatic rings. The molecular formula is C36H39Cl2N3O5S. The van der Waals surface area contributed by atoms with Gasteiger partial charge in [-0.25, -0.2) is 8.42 Å². The summed E-state index contributed by atoms with van der Waals surface area (Å²) in [6.07, 6.45) is 0.175. The molecule has 0 aliphatic rings. The average molecular weight is 697 g/mol. The monoisotopic (exact) mass is 695 g/mol. The maximum absolute atomic E-state index is 14.6. The minimum absolute atomic E-state index is 0.0142. The maximum Gasteiger partial charge on any atom is 0.264 e. The number of halogens is 2. The third kappa shape index (κ3) is 9.73. The van der Waals surface area contributed by atoms with Crippen molar-refractivity contribution >= 4 is 50.7 Å². The van der Waals surface area contributed by atoms with Crippen LogP contribution >= 0.6 is 23.2 Å². The van der Waals surface area contributed by atoms with Crippen molar-refractivity contribution in [3.05, 3.63) is 124 Å². The molecule has 0 radical (unpaired) electrons. The Morgan fingerprint density at radius 2 is 1.49 bits per heavy atom. The standard InChI is InChI=1S/C36H39Cl2N3O5S/c1-5-46-30-20-18-29(19-21-30)41(47(44,45)31-14-10-7-11-15-31)25-34(42)40(24-27-16-17-28(37)23-32(27)38)33(35(43)39-36(2,3)4)22-26-12-8-6-9-13-26/h6-21,23,33H,5,22,24-25H2,1-4H3,(H,39,43)/t33-/m0/s1. The predicted molar refractivity (Wildman–Crippen MR) is 187 cm³/mol. The molecule has 0 aliphatic heterocycles. The Hall–Kier alpha value is -4.05. The van der Waals surface area contributed by atoms with Crippen LogP contribution in [0.3, 0.4) is 0 Å². The first-order chi connectivity index (χ1) is 22.3. The molecule has 0 spiro atoms. The van der Waals surface area contributed by atoms with Gasteiger partial charge in [-0.15, -0.1) is 0 Å². The molecule has 11 heteroatoms. The largest absolute Gasteiger partial charge is 0.494 e. The van der Waals surface area contributed by atoms with Crippen molar-refractivity contribution in [1.29, 1.82) is 0 Å². The quantitative estimate of drug-likeness (QED) is 0.160. The van der Waals surface area contributed by atoms with E-state index in [2.05, 4.69) is 5.32 Å². The maximum atomic E-state index is 14.6. The van der Waals surface area contributed by atoms with E-state index in [9.17, 15) is 18.0 Å². The fraction of sp³-hybridized carbons (Fsp3) is 0.278. The van der Waals surface area contributed by atoms with Gasteiger partial charge in [0.05, 0.1) is 17.2 Å². The molecule has 248 valence electrons. The molecule has 2 amide bonds. The van der Waals surface area contributed by atoms with Crippen LogP contribution in [0.4, 0.5) is 5.69 Å². The Bertz CT molecular complexity index is 1760. The Labute approximate surface area is 287 Å². The Kier molecular flexibility index (Phi) is 12.0. The van der Waals surface area contributed by atoms with Crippen molar-refractivity contribution in [1.82, 2.24) is 10.2 Å². The Morgan fingerprint density at radius 3 is 2.06 bits per heavy atom. The second kappa shape index (κ2) is 15.7. The summed E-state index contributed by atoms with van der Waals surface area (Å²) in [6.45, 7) is 7.18. The van der Waals surface area contributed by atoms with Crippen LogP contribution < -0.4 is 14.4 Å². The number of amides is 2. The highest BCUT2D eigenvalue weighted by Gasteiger charge is 2.36. The lowest BCUT2D eigenvalue weighted by Gasteiger charge is -2.35. The predicted octanol–water partition coefficient (Wildman–Crippen LogP) is 7.14. The van der Waals surface area contributed by atoms with E-state index in [1.807, 2.05) is 58.0 Å². The smallest absolute Gasteiger partial charge is 0.264 e. The van der Waals surface area contributed by atoms with Crippen LogP contribution in [-0.2, 0) is 32.6 Å². The molecular weight excluding hydrogens is 657 g/mol. The van der Waals surface area contributed by atoms with Crippen molar-refractivity contribution < 1.29 is 22.7 Å². The molecule has 47 heavy (non-hydrogen) atoms. The highest BCUT2D eigenvalue weighted by Crippen LogP contribution is 2.28. The van der Waals surface area contributed by atoms with Crippen LogP contribution in [0.5, 0.6) is 5.75 Å². The lowest BCUT2D eigenvalue weighted by Crippen LogP contribution is -2.56. The van der Waals surface area contributed by atoms with Gasteiger partial charge in [0.1, 0.15) is 18.3 Å². The lowest BCUT2D eigenvalue weighted by molar-refractivity contribution is -0.140. The fourth-order valence-electron chi connectivity index (χ4n) is 4.96. The summed E-state index contributed by atoms with van der Waals surface area (Å²) in [4.78, 5) is 30.0. The highest BCUT2D eigenvalue weighted by atomic mass is 35.5. The molecule has 0 fully saturated rings. The van der Waals surface area contributed by atoms with Crippen LogP contribution in [0.25, 0.3) is 0 Å². The summed E-state index contributed by atoms with van der Waals surface area (Å²) in [5, 5.41) is 3.74. The average Bonchev–Trinajstić information content (AvgIpc) is 3.03. The van der Waals surface area contributed by atoms with E-state index in [-0.39, 0.29) is 23.5 Å². The van der Waals surface area contributed by atoms with E-state index in [1.165, 1.54) is 17.0 Å². The summed E-state index contributed by atoms with van der Waals surface area (Å²) < 4.78 is 34.9. The van der Waals surface area contributed by atoms with Crippen molar-refractivity contribution in [3.63, 3.8) is 0 Å². The molecule has 1 atom stereocenters. The van der Waals surface area contributed by atoms with Crippen LogP contribution in [0.15, 0.2) is 108 Å². The normalized spacial score (nSPS) is 12.2. The number of rotatable bonds is 13. The number of sulfonamides is 1. The number of carbonyl (C=O) groups excluding carboxylic acids is 2. The first-order valence-electron chi connectivity index (χ1n) is 15.2. The Balaban J connectivity index is 1.83. The summed E-state index contributed by atoms with van der Waals surface area (Å²) in [5.74, 6) is -0.437. The van der Waals surface area contributed by atoms with E-state index in [0.29, 0.717) is 28.0 Å². The second-order valence-electron chi connectivity index (χ2n) is 12.0. The van der Waals surface area contributed by atoms with Gasteiger partial charge in [0.15, 0.2) is 0 Å². The SMILES string of the molecule is CCOc1ccc(N(CC(=O)N(Cc2ccc(Cl)cc2Cl)[C@@H](Cc2ccccc2)C(=O)NC(C)(C)C)S(=O)(=O)c2ccccc2)cc1. The molecule has 4 rings (SSSR count). The number of nitrogens with zero attached hydrogens (tertiary/aromatic N) is 2. The molecule has 1 N–H and O–H groups in total. The minimum atomic E-state index is -4.23. The number of nitrogens with one attached hydrogen (secondary N) is 1. The molecule has 0 bridgehead atoms. The Morgan fingerprint density at radius 1 is 0.872 bits per heavy atom. The van der Waals surface area contributed by atoms with Gasteiger partial charge >= 0.3 is 0 Å². The zero-order valence-electron chi connectivity index (χ0n) is 26.8. The third-order valence-electron chi connectivity index (χ3n) is 7.17. The van der Waals surface area contributed by atoms with Gasteiger partial charge in [-0.3, -0.25) is 13.9 Å². The van der Waals surface area contributed by atoms with E-state index in [1.54, 1.807) is 60.7 Å². The zero-order valence-corrected chi connectivity index (χ0v) is 29.1. The van der Waals surface area contributed by atoms with Gasteiger partial charge in [0.25, 0.3) is 10.0 Å². The molecule has 8 nitrogen and oxygen atoms in total. The number of benzene rings is 4. The molecule has 0 aliphatic carbocycles. The van der Waals surface area contributed by atoms with Gasteiger partial charge in [0, 0.05) is 28.5 Å². The number of anilines is 1. The molecule has 0 saturated carbocycles. The van der Waals surface area contributed by atoms with Crippen molar-refractivity contribution in [3.8, 4) is 5.75 Å². The third-order valence-corrected chi connectivity index (χ3v) is 9.55. The topological polar surface area (TPSA) is 96.0 Å². The van der Waals surface area contributed by atoms with Crippen LogP contribution in [0.1, 0.15) is 38.8 Å². The molecule has 0 aromatic heterocycles. The van der Waals surface area contributed by atoms with Gasteiger partial charge in [0.2, 0.25) is 11.8 Å². The van der Waals surface area contributed by atoms with Crippen molar-refractivity contribution in [2.45, 2.75) is 57.1 Å². The van der Waals surface area contributed by atoms with E-state index in [0.717, 1.165) is 9.87 Å². The minimum Gasteiger partial charge on any atom is -0.494 e. The second-order valence-corrected chi connectivity index (χ2v) is 14.7. The van der Waals surface area contributed by atoms with Gasteiger partial charge in [-0.05, 0) is 87.4 Å². The molecule has 0 saturated heterocycles. The zero-order chi connectivity index (χ0) is 34.2. The van der Waals surface area contributed by atoms with E-state index in [4.69, 9.17) is 27.9 Å². The van der Waals surface area contributed by atoms with E-state index < -0.39 is 40.0 Å². The van der Waals surface area contributed by atoms with Crippen molar-refractivity contribution in [2.75, 3.05) is 17.5 Å². The number of hydrogen-bond donors (Lipinski definition) is 1. The van der Waals surface area contributed by atoms with Gasteiger partial charge in [-0.1, -0.05) is 77.8 Å². The molecule has 0 unspecified atom stereocenters. The number of carbonyl (C=O) groups is 2. The van der Waals surface area contributed by atoms with Crippen LogP contribution in [0.2, 0.25) is 10.0 Å². The lowest BCUT2D eigenvalue weighted by atomic mass is 10.0. The molecule has 4 aromatic carbocycles. The first-order valence-corrected chi connectivity index (χ1v) is 17.4. The van der Waals surface area contributed by atoms with Crippen molar-refractivity contribution in [2.24, 2.45) is 0 Å². The van der Waals surface area contributed by atoms with Gasteiger partial charge in [-0.2, -0.15) is 0 Å². The van der Waals surface area contributed by atoms with Gasteiger partial charge < -0.3 is 15.0 Å². The highest BCUT2D eigenvalue weighted by molar-refractivity contribution is 7.92. The fourth-order valence-corrected chi connectivity index (χ4v) is 6.87. The summed E-state index contributed by atoms with van der Waals surface area (Å²) in [7, 11) is -4.23. The van der Waals surface area contributed by atoms with E-state index >= 15 is 0 Å². The summed E-state index contributed by atoms with van der Waals surface area (Å²) in [6, 6.07) is 27.6. The summed E-state index contributed by atoms with van der Waals surface area (Å²) >= 11 is 12.8. The number of ether oxygens (including phenoxy) is 1. The molecule has 0 heterocycles. The first kappa shape index (κ1) is 35.8. The summed E-state index contributed by atoms with van der Waals surface area (Å²) in [5.41, 5.74) is 1.02. The number of hydrogen-bond acceptors (Lipinski definition) is 5. The van der Waals surface area contributed by atoms with Crippen LogP contribution in [-0.4, -0.2) is 49.9 Å².